The average Bonchev–Trinajstić information content (AvgIpc) is 2.38. The lowest BCUT2D eigenvalue weighted by Crippen LogP contribution is -2.32. The fraction of sp³-hybridized carbons (Fsp3) is 0.500. The van der Waals surface area contributed by atoms with Crippen molar-refractivity contribution in [3.8, 4) is 6.07 Å². The van der Waals surface area contributed by atoms with Crippen LogP contribution in [-0.2, 0) is 0 Å². The smallest absolute Gasteiger partial charge is 0.161 e. The minimum absolute atomic E-state index is 0.104. The van der Waals surface area contributed by atoms with Gasteiger partial charge in [0.05, 0.1) is 15.7 Å². The van der Waals surface area contributed by atoms with Crippen LogP contribution in [0.25, 0.3) is 0 Å². The zero-order valence-electron chi connectivity index (χ0n) is 11.5. The molecule has 1 rings (SSSR count). The highest BCUT2D eigenvalue weighted by molar-refractivity contribution is 9.10. The fourth-order valence-corrected chi connectivity index (χ4v) is 2.14. The first kappa shape index (κ1) is 15.9. The van der Waals surface area contributed by atoms with E-state index >= 15 is 0 Å². The van der Waals surface area contributed by atoms with Gasteiger partial charge in [-0.25, -0.2) is 4.39 Å². The second kappa shape index (κ2) is 6.88. The number of nitrogens with two attached hydrogens (primary N) is 1. The topological polar surface area (TPSA) is 53.0 Å². The molecular weight excluding hydrogens is 309 g/mol. The summed E-state index contributed by atoms with van der Waals surface area (Å²) in [7, 11) is 1.82. The molecule has 0 amide bonds. The van der Waals surface area contributed by atoms with Gasteiger partial charge in [0.1, 0.15) is 6.07 Å². The van der Waals surface area contributed by atoms with E-state index in [9.17, 15) is 4.39 Å². The van der Waals surface area contributed by atoms with E-state index in [1.165, 1.54) is 0 Å². The van der Waals surface area contributed by atoms with Crippen LogP contribution >= 0.6 is 15.9 Å². The molecule has 0 spiro atoms. The third-order valence-corrected chi connectivity index (χ3v) is 4.02. The van der Waals surface area contributed by atoms with Crippen molar-refractivity contribution in [2.24, 2.45) is 11.7 Å². The monoisotopic (exact) mass is 327 g/mol. The number of nitriles is 1. The summed E-state index contributed by atoms with van der Waals surface area (Å²) in [5, 5.41) is 8.83. The highest BCUT2D eigenvalue weighted by atomic mass is 79.9. The van der Waals surface area contributed by atoms with Gasteiger partial charge in [0.25, 0.3) is 0 Å². The Morgan fingerprint density at radius 3 is 2.63 bits per heavy atom. The van der Waals surface area contributed by atoms with Gasteiger partial charge in [-0.2, -0.15) is 5.26 Å². The summed E-state index contributed by atoms with van der Waals surface area (Å²) in [6, 6.07) is 5.28. The molecule has 0 aliphatic rings. The van der Waals surface area contributed by atoms with Crippen molar-refractivity contribution in [2.75, 3.05) is 18.5 Å². The van der Waals surface area contributed by atoms with E-state index in [-0.39, 0.29) is 10.5 Å². The standard InChI is InChI=1S/C14H19BrFN3/c1-9(2)11(18)6-7-19(3)12-5-4-10(8-17)13(15)14(12)16/h4-5,9,11H,6-7,18H2,1-3H3. The van der Waals surface area contributed by atoms with Crippen molar-refractivity contribution >= 4 is 21.6 Å². The normalized spacial score (nSPS) is 12.3. The van der Waals surface area contributed by atoms with E-state index in [1.807, 2.05) is 18.0 Å². The van der Waals surface area contributed by atoms with E-state index in [4.69, 9.17) is 11.0 Å². The molecular formula is C14H19BrFN3. The van der Waals surface area contributed by atoms with Crippen molar-refractivity contribution in [3.63, 3.8) is 0 Å². The van der Waals surface area contributed by atoms with Gasteiger partial charge in [0.15, 0.2) is 5.82 Å². The van der Waals surface area contributed by atoms with Crippen LogP contribution in [0.5, 0.6) is 0 Å². The van der Waals surface area contributed by atoms with E-state index in [2.05, 4.69) is 29.8 Å². The van der Waals surface area contributed by atoms with Crippen LogP contribution in [0, 0.1) is 23.1 Å². The maximum Gasteiger partial charge on any atom is 0.161 e. The molecule has 5 heteroatoms. The van der Waals surface area contributed by atoms with E-state index in [0.717, 1.165) is 6.42 Å². The van der Waals surface area contributed by atoms with Gasteiger partial charge in [-0.1, -0.05) is 13.8 Å². The fourth-order valence-electron chi connectivity index (χ4n) is 1.72. The Kier molecular flexibility index (Phi) is 5.77. The Morgan fingerprint density at radius 2 is 2.11 bits per heavy atom. The summed E-state index contributed by atoms with van der Waals surface area (Å²) in [4.78, 5) is 1.82. The summed E-state index contributed by atoms with van der Waals surface area (Å²) in [5.74, 6) is 0.00520. The Morgan fingerprint density at radius 1 is 1.47 bits per heavy atom. The molecule has 0 bridgehead atoms. The largest absolute Gasteiger partial charge is 0.372 e. The zero-order valence-corrected chi connectivity index (χ0v) is 13.0. The number of halogens is 2. The van der Waals surface area contributed by atoms with E-state index < -0.39 is 5.82 Å². The number of rotatable bonds is 5. The van der Waals surface area contributed by atoms with Crippen LogP contribution in [0.4, 0.5) is 10.1 Å². The number of hydrogen-bond acceptors (Lipinski definition) is 3. The second-order valence-corrected chi connectivity index (χ2v) is 5.78. The number of anilines is 1. The molecule has 3 nitrogen and oxygen atoms in total. The molecule has 0 radical (unpaired) electrons. The first-order valence-electron chi connectivity index (χ1n) is 6.23. The molecule has 0 fully saturated rings. The van der Waals surface area contributed by atoms with Gasteiger partial charge in [-0.3, -0.25) is 0 Å². The third kappa shape index (κ3) is 3.92. The Balaban J connectivity index is 2.81. The third-order valence-electron chi connectivity index (χ3n) is 3.25. The van der Waals surface area contributed by atoms with Gasteiger partial charge in [-0.15, -0.1) is 0 Å². The van der Waals surface area contributed by atoms with Crippen LogP contribution in [0.15, 0.2) is 16.6 Å². The zero-order chi connectivity index (χ0) is 14.6. The second-order valence-electron chi connectivity index (χ2n) is 4.99. The molecule has 2 N–H and O–H groups in total. The summed E-state index contributed by atoms with van der Waals surface area (Å²) in [6.45, 7) is 4.82. The van der Waals surface area contributed by atoms with Crippen molar-refractivity contribution in [1.29, 1.82) is 5.26 Å². The van der Waals surface area contributed by atoms with Crippen molar-refractivity contribution < 1.29 is 4.39 Å². The lowest BCUT2D eigenvalue weighted by Gasteiger charge is -2.24. The lowest BCUT2D eigenvalue weighted by molar-refractivity contribution is 0.465. The molecule has 0 aromatic heterocycles. The summed E-state index contributed by atoms with van der Waals surface area (Å²) < 4.78 is 14.3. The summed E-state index contributed by atoms with van der Waals surface area (Å²) in [5.41, 5.74) is 6.76. The molecule has 1 aromatic carbocycles. The maximum absolute atomic E-state index is 14.1. The molecule has 19 heavy (non-hydrogen) atoms. The Bertz CT molecular complexity index is 482. The molecule has 1 atom stereocenters. The number of hydrogen-bond donors (Lipinski definition) is 1. The van der Waals surface area contributed by atoms with E-state index in [1.54, 1.807) is 12.1 Å². The first-order valence-corrected chi connectivity index (χ1v) is 7.02. The minimum Gasteiger partial charge on any atom is -0.372 e. The van der Waals surface area contributed by atoms with Gasteiger partial charge >= 0.3 is 0 Å². The number of nitrogens with zero attached hydrogens (tertiary/aromatic N) is 2. The molecule has 0 heterocycles. The van der Waals surface area contributed by atoms with Crippen LogP contribution < -0.4 is 10.6 Å². The summed E-state index contributed by atoms with van der Waals surface area (Å²) in [6.07, 6.45) is 0.797. The van der Waals surface area contributed by atoms with Crippen LogP contribution in [0.3, 0.4) is 0 Å². The van der Waals surface area contributed by atoms with E-state index in [0.29, 0.717) is 23.7 Å². The quantitative estimate of drug-likeness (QED) is 0.902. The van der Waals surface area contributed by atoms with Crippen LogP contribution in [0.2, 0.25) is 0 Å². The molecule has 0 saturated carbocycles. The van der Waals surface area contributed by atoms with Crippen molar-refractivity contribution in [2.45, 2.75) is 26.3 Å². The highest BCUT2D eigenvalue weighted by Gasteiger charge is 2.15. The molecule has 104 valence electrons. The summed E-state index contributed by atoms with van der Waals surface area (Å²) >= 11 is 3.11. The van der Waals surface area contributed by atoms with Gasteiger partial charge in [0, 0.05) is 19.6 Å². The Hall–Kier alpha value is -1.12. The molecule has 0 saturated heterocycles. The predicted octanol–water partition coefficient (Wildman–Crippen LogP) is 3.27. The minimum atomic E-state index is -0.403. The van der Waals surface area contributed by atoms with Gasteiger partial charge in [0.2, 0.25) is 0 Å². The molecule has 1 unspecified atom stereocenters. The maximum atomic E-state index is 14.1. The highest BCUT2D eigenvalue weighted by Crippen LogP contribution is 2.28. The molecule has 1 aromatic rings. The number of benzene rings is 1. The first-order chi connectivity index (χ1) is 8.88. The van der Waals surface area contributed by atoms with Crippen molar-refractivity contribution in [1.82, 2.24) is 0 Å². The lowest BCUT2D eigenvalue weighted by atomic mass is 10.0. The SMILES string of the molecule is CC(C)C(N)CCN(C)c1ccc(C#N)c(Br)c1F. The average molecular weight is 328 g/mol. The molecule has 0 aliphatic carbocycles. The predicted molar refractivity (Wildman–Crippen MR) is 79.5 cm³/mol. The van der Waals surface area contributed by atoms with Gasteiger partial charge in [-0.05, 0) is 40.4 Å². The van der Waals surface area contributed by atoms with Crippen LogP contribution in [0.1, 0.15) is 25.8 Å². The van der Waals surface area contributed by atoms with Gasteiger partial charge < -0.3 is 10.6 Å². The van der Waals surface area contributed by atoms with Crippen LogP contribution in [-0.4, -0.2) is 19.6 Å². The van der Waals surface area contributed by atoms with Crippen molar-refractivity contribution in [3.05, 3.63) is 28.0 Å². The Labute approximate surface area is 122 Å². The molecule has 0 aliphatic heterocycles.